The lowest BCUT2D eigenvalue weighted by Gasteiger charge is -2.41. The molecule has 1 aromatic carbocycles. The second kappa shape index (κ2) is 12.7. The molecule has 0 radical (unpaired) electrons. The molecular weight excluding hydrogens is 510 g/mol. The van der Waals surface area contributed by atoms with Crippen LogP contribution >= 0.6 is 11.8 Å². The lowest BCUT2D eigenvalue weighted by atomic mass is 9.65. The number of nitrogens with zero attached hydrogens (tertiary/aromatic N) is 3. The molecule has 3 aliphatic rings. The van der Waals surface area contributed by atoms with Gasteiger partial charge in [0.15, 0.2) is 0 Å². The molecule has 212 valence electrons. The molecule has 3 aliphatic heterocycles. The summed E-state index contributed by atoms with van der Waals surface area (Å²) in [7, 11) is 0. The third-order valence-corrected chi connectivity index (χ3v) is 10.7. The van der Waals surface area contributed by atoms with Crippen LogP contribution in [0.4, 0.5) is 0 Å². The average Bonchev–Trinajstić information content (AvgIpc) is 3.53. The number of fused-ring (bicyclic) bond motifs is 1. The minimum absolute atomic E-state index is 0.0108. The highest BCUT2D eigenvalue weighted by atomic mass is 32.2. The Hall–Kier alpha value is -2.58. The molecule has 3 fully saturated rings. The van der Waals surface area contributed by atoms with Gasteiger partial charge in [0.25, 0.3) is 0 Å². The van der Waals surface area contributed by atoms with Crippen LogP contribution < -0.4 is 0 Å². The molecule has 6 atom stereocenters. The van der Waals surface area contributed by atoms with Crippen molar-refractivity contribution in [1.82, 2.24) is 14.7 Å². The highest BCUT2D eigenvalue weighted by Crippen LogP contribution is 2.68. The number of aliphatic hydroxyl groups excluding tert-OH is 1. The van der Waals surface area contributed by atoms with Gasteiger partial charge in [0.1, 0.15) is 6.04 Å². The number of rotatable bonds is 14. The lowest BCUT2D eigenvalue weighted by Crippen LogP contribution is -2.57. The van der Waals surface area contributed by atoms with Gasteiger partial charge >= 0.3 is 0 Å². The summed E-state index contributed by atoms with van der Waals surface area (Å²) >= 11 is 1.70. The summed E-state index contributed by atoms with van der Waals surface area (Å²) in [6.07, 6.45) is 6.49. The van der Waals surface area contributed by atoms with Gasteiger partial charge in [-0.3, -0.25) is 14.4 Å². The maximum Gasteiger partial charge on any atom is 0.247 e. The molecule has 3 saturated heterocycles. The fourth-order valence-corrected chi connectivity index (χ4v) is 9.34. The number of carbonyl (C=O) groups excluding carboxylic acids is 3. The van der Waals surface area contributed by atoms with E-state index in [4.69, 9.17) is 0 Å². The smallest absolute Gasteiger partial charge is 0.247 e. The summed E-state index contributed by atoms with van der Waals surface area (Å²) < 4.78 is -0.660. The lowest BCUT2D eigenvalue weighted by molar-refractivity contribution is -0.145. The van der Waals surface area contributed by atoms with E-state index in [0.717, 1.165) is 24.8 Å². The number of thioether (sulfide) groups is 1. The first kappa shape index (κ1) is 29.4. The van der Waals surface area contributed by atoms with Crippen LogP contribution in [0.15, 0.2) is 55.6 Å². The molecule has 3 amide bonds. The van der Waals surface area contributed by atoms with Crippen LogP contribution in [0.3, 0.4) is 0 Å². The zero-order valence-corrected chi connectivity index (χ0v) is 24.2. The molecule has 7 nitrogen and oxygen atoms in total. The third kappa shape index (κ3) is 5.30. The molecule has 2 bridgehead atoms. The van der Waals surface area contributed by atoms with Crippen molar-refractivity contribution < 1.29 is 19.5 Å². The molecule has 4 rings (SSSR count). The van der Waals surface area contributed by atoms with E-state index in [2.05, 4.69) is 27.0 Å². The van der Waals surface area contributed by atoms with Crippen molar-refractivity contribution in [3.63, 3.8) is 0 Å². The van der Waals surface area contributed by atoms with Gasteiger partial charge in [-0.1, -0.05) is 62.8 Å². The normalized spacial score (nSPS) is 28.8. The van der Waals surface area contributed by atoms with E-state index in [9.17, 15) is 19.5 Å². The molecule has 0 saturated carbocycles. The Labute approximate surface area is 237 Å². The van der Waals surface area contributed by atoms with E-state index in [-0.39, 0.29) is 35.5 Å². The van der Waals surface area contributed by atoms with Gasteiger partial charge in [-0.25, -0.2) is 0 Å². The second-order valence-electron chi connectivity index (χ2n) is 11.1. The van der Waals surface area contributed by atoms with E-state index in [1.807, 2.05) is 35.2 Å². The Morgan fingerprint density at radius 2 is 1.82 bits per heavy atom. The van der Waals surface area contributed by atoms with Crippen LogP contribution in [0.5, 0.6) is 0 Å². The van der Waals surface area contributed by atoms with Crippen LogP contribution in [0.25, 0.3) is 0 Å². The van der Waals surface area contributed by atoms with Gasteiger partial charge in [0.05, 0.1) is 16.6 Å². The molecular formula is C31H43N3O4S. The molecule has 0 aromatic heterocycles. The predicted molar refractivity (Wildman–Crippen MR) is 156 cm³/mol. The SMILES string of the molecule is C=CCN(CCCC)C(=O)C1N(CCCO)C(=O)[C@@H]2[C@@H](C(=O)N(CC=C)Cc3ccccc3)[C@H]3CC(C)C12S3. The standard InChI is InChI=1S/C31H43N3O4S/c1-5-8-17-32(15-6-2)30(38)27-31-22(4)20-24(39-31)25(26(31)29(37)34(27)18-12-19-35)28(36)33(16-7-3)21-23-13-10-9-11-14-23/h6-7,9-11,13-14,22,24-27,35H,2-3,5,8,12,15-21H2,1,4H3/t22?,24-,25+,26+,27?,31?/m1/s1. The van der Waals surface area contributed by atoms with E-state index in [1.54, 1.807) is 33.7 Å². The first-order valence-corrected chi connectivity index (χ1v) is 15.2. The Balaban J connectivity index is 1.71. The number of likely N-dealkylation sites (tertiary alicyclic amines) is 1. The van der Waals surface area contributed by atoms with Gasteiger partial charge in [-0.15, -0.1) is 24.9 Å². The molecule has 1 N–H and O–H groups in total. The molecule has 1 aromatic rings. The van der Waals surface area contributed by atoms with Crippen LogP contribution in [0.1, 0.15) is 45.1 Å². The van der Waals surface area contributed by atoms with E-state index in [1.165, 1.54) is 0 Å². The van der Waals surface area contributed by atoms with Crippen LogP contribution in [0.2, 0.25) is 0 Å². The third-order valence-electron chi connectivity index (χ3n) is 8.64. The molecule has 39 heavy (non-hydrogen) atoms. The Kier molecular flexibility index (Phi) is 9.60. The van der Waals surface area contributed by atoms with E-state index in [0.29, 0.717) is 39.1 Å². The van der Waals surface area contributed by atoms with Crippen molar-refractivity contribution in [2.45, 2.75) is 62.1 Å². The van der Waals surface area contributed by atoms with Gasteiger partial charge in [0, 0.05) is 44.6 Å². The summed E-state index contributed by atoms with van der Waals surface area (Å²) in [4.78, 5) is 48.1. The first-order valence-electron chi connectivity index (χ1n) is 14.3. The topological polar surface area (TPSA) is 81.2 Å². The molecule has 3 unspecified atom stereocenters. The Bertz CT molecular complexity index is 1070. The minimum Gasteiger partial charge on any atom is -0.396 e. The Morgan fingerprint density at radius 1 is 1.13 bits per heavy atom. The van der Waals surface area contributed by atoms with Gasteiger partial charge in [0.2, 0.25) is 17.7 Å². The van der Waals surface area contributed by atoms with Crippen molar-refractivity contribution in [3.8, 4) is 0 Å². The van der Waals surface area contributed by atoms with Crippen molar-refractivity contribution >= 4 is 29.5 Å². The summed E-state index contributed by atoms with van der Waals surface area (Å²) in [6.45, 7) is 14.1. The first-order chi connectivity index (χ1) is 18.8. The summed E-state index contributed by atoms with van der Waals surface area (Å²) in [6, 6.07) is 9.21. The fourth-order valence-electron chi connectivity index (χ4n) is 6.93. The van der Waals surface area contributed by atoms with E-state index >= 15 is 0 Å². The number of benzene rings is 1. The monoisotopic (exact) mass is 553 g/mol. The summed E-state index contributed by atoms with van der Waals surface area (Å²) in [5.74, 6) is -1.15. The number of hydrogen-bond acceptors (Lipinski definition) is 5. The van der Waals surface area contributed by atoms with Crippen LogP contribution in [-0.4, -0.2) is 86.4 Å². The van der Waals surface area contributed by atoms with Crippen LogP contribution in [-0.2, 0) is 20.9 Å². The highest BCUT2D eigenvalue weighted by molar-refractivity contribution is 8.02. The fraction of sp³-hybridized carbons (Fsp3) is 0.581. The number of amides is 3. The number of hydrogen-bond donors (Lipinski definition) is 1. The molecule has 3 heterocycles. The second-order valence-corrected chi connectivity index (χ2v) is 12.6. The van der Waals surface area contributed by atoms with Crippen molar-refractivity contribution in [1.29, 1.82) is 0 Å². The van der Waals surface area contributed by atoms with Crippen molar-refractivity contribution in [2.24, 2.45) is 17.8 Å². The maximum atomic E-state index is 14.3. The largest absolute Gasteiger partial charge is 0.396 e. The molecule has 1 spiro atoms. The van der Waals surface area contributed by atoms with Gasteiger partial charge in [-0.2, -0.15) is 0 Å². The van der Waals surface area contributed by atoms with E-state index < -0.39 is 22.6 Å². The predicted octanol–water partition coefficient (Wildman–Crippen LogP) is 3.74. The molecule has 8 heteroatoms. The molecule has 0 aliphatic carbocycles. The zero-order chi connectivity index (χ0) is 28.2. The number of aliphatic hydroxyl groups is 1. The summed E-state index contributed by atoms with van der Waals surface area (Å²) in [5, 5.41) is 9.61. The van der Waals surface area contributed by atoms with Crippen molar-refractivity contribution in [2.75, 3.05) is 32.8 Å². The number of unbranched alkanes of at least 4 members (excludes halogenated alkanes) is 1. The maximum absolute atomic E-state index is 14.3. The summed E-state index contributed by atoms with van der Waals surface area (Å²) in [5.41, 5.74) is 1.03. The van der Waals surface area contributed by atoms with Gasteiger partial charge < -0.3 is 19.8 Å². The van der Waals surface area contributed by atoms with Crippen molar-refractivity contribution in [3.05, 3.63) is 61.2 Å². The average molecular weight is 554 g/mol. The highest BCUT2D eigenvalue weighted by Gasteiger charge is 2.76. The minimum atomic E-state index is -0.660. The number of carbonyl (C=O) groups is 3. The zero-order valence-electron chi connectivity index (χ0n) is 23.3. The van der Waals surface area contributed by atoms with Gasteiger partial charge in [-0.05, 0) is 30.7 Å². The van der Waals surface area contributed by atoms with Crippen LogP contribution in [0, 0.1) is 17.8 Å². The Morgan fingerprint density at radius 3 is 2.46 bits per heavy atom. The quantitative estimate of drug-likeness (QED) is 0.355.